The number of benzene rings is 4. The van der Waals surface area contributed by atoms with Gasteiger partial charge in [0.05, 0.1) is 6.42 Å². The molecule has 4 rings (SSSR count). The van der Waals surface area contributed by atoms with Crippen molar-refractivity contribution in [3.63, 3.8) is 0 Å². The van der Waals surface area contributed by atoms with E-state index in [9.17, 15) is 14.4 Å². The maximum atomic E-state index is 12.6. The van der Waals surface area contributed by atoms with Crippen LogP contribution in [0.3, 0.4) is 0 Å². The predicted molar refractivity (Wildman–Crippen MR) is 124 cm³/mol. The largest absolute Gasteiger partial charge is 0.300 e. The molecule has 0 fully saturated rings. The van der Waals surface area contributed by atoms with Gasteiger partial charge in [0, 0.05) is 24.8 Å². The average molecular weight is 408 g/mol. The van der Waals surface area contributed by atoms with Crippen LogP contribution in [0.25, 0.3) is 21.5 Å². The number of hydrogen-bond donors (Lipinski definition) is 0. The number of hydrogen-bond acceptors (Lipinski definition) is 3. The summed E-state index contributed by atoms with van der Waals surface area (Å²) in [5, 5.41) is 4.16. The molecule has 0 amide bonds. The maximum Gasteiger partial charge on any atom is 0.170 e. The van der Waals surface area contributed by atoms with E-state index in [2.05, 4.69) is 18.2 Å². The molecule has 0 saturated heterocycles. The molecular weight excluding hydrogens is 384 g/mol. The Bertz CT molecular complexity index is 1260. The van der Waals surface area contributed by atoms with Gasteiger partial charge in [0.2, 0.25) is 0 Å². The molecule has 0 N–H and O–H groups in total. The van der Waals surface area contributed by atoms with Gasteiger partial charge in [0.15, 0.2) is 5.78 Å². The number of rotatable bonds is 9. The third-order valence-electron chi connectivity index (χ3n) is 5.68. The predicted octanol–water partition coefficient (Wildman–Crippen LogP) is 6.12. The average Bonchev–Trinajstić information content (AvgIpc) is 2.81. The van der Waals surface area contributed by atoms with E-state index in [0.717, 1.165) is 27.1 Å². The van der Waals surface area contributed by atoms with Crippen molar-refractivity contribution in [2.75, 3.05) is 0 Å². The smallest absolute Gasteiger partial charge is 0.170 e. The highest BCUT2D eigenvalue weighted by molar-refractivity contribution is 6.14. The summed E-state index contributed by atoms with van der Waals surface area (Å²) in [7, 11) is 0. The highest BCUT2D eigenvalue weighted by atomic mass is 16.1. The van der Waals surface area contributed by atoms with Crippen molar-refractivity contribution in [1.29, 1.82) is 0 Å². The lowest BCUT2D eigenvalue weighted by molar-refractivity contribution is -0.123. The van der Waals surface area contributed by atoms with Gasteiger partial charge in [-0.15, -0.1) is 0 Å². The van der Waals surface area contributed by atoms with Crippen molar-refractivity contribution in [3.8, 4) is 0 Å². The van der Waals surface area contributed by atoms with Crippen LogP contribution in [0.2, 0.25) is 0 Å². The third kappa shape index (κ3) is 4.95. The molecule has 0 atom stereocenters. The fraction of sp³-hybridized carbons (Fsp3) is 0.179. The second-order valence-corrected chi connectivity index (χ2v) is 7.84. The minimum atomic E-state index is -0.190. The van der Waals surface area contributed by atoms with Gasteiger partial charge in [-0.3, -0.25) is 14.4 Å². The van der Waals surface area contributed by atoms with E-state index in [1.54, 1.807) is 6.07 Å². The minimum absolute atomic E-state index is 0.0545. The molecule has 3 nitrogen and oxygen atoms in total. The van der Waals surface area contributed by atoms with Crippen LogP contribution in [0.15, 0.2) is 84.9 Å². The van der Waals surface area contributed by atoms with E-state index in [1.807, 2.05) is 60.7 Å². The van der Waals surface area contributed by atoms with Crippen LogP contribution in [0.5, 0.6) is 0 Å². The molecule has 0 aromatic heterocycles. The van der Waals surface area contributed by atoms with Crippen LogP contribution < -0.4 is 0 Å². The van der Waals surface area contributed by atoms with Crippen LogP contribution in [0.4, 0.5) is 0 Å². The van der Waals surface area contributed by atoms with Gasteiger partial charge >= 0.3 is 0 Å². The monoisotopic (exact) mass is 408 g/mol. The molecule has 0 unspecified atom stereocenters. The SMILES string of the molecule is O=C(CCC(=O)CC(=O)c1cccc2ccccc12)CCc1cccc2ccccc12. The van der Waals surface area contributed by atoms with Gasteiger partial charge < -0.3 is 0 Å². The van der Waals surface area contributed by atoms with Gasteiger partial charge in [-0.1, -0.05) is 84.9 Å². The molecule has 154 valence electrons. The normalized spacial score (nSPS) is 11.0. The molecule has 0 aliphatic heterocycles. The van der Waals surface area contributed by atoms with Crippen molar-refractivity contribution in [2.24, 2.45) is 0 Å². The van der Waals surface area contributed by atoms with Crippen molar-refractivity contribution in [2.45, 2.75) is 32.1 Å². The topological polar surface area (TPSA) is 51.2 Å². The van der Waals surface area contributed by atoms with Crippen molar-refractivity contribution in [1.82, 2.24) is 0 Å². The Balaban J connectivity index is 1.30. The van der Waals surface area contributed by atoms with E-state index < -0.39 is 0 Å². The lowest BCUT2D eigenvalue weighted by atomic mass is 9.96. The van der Waals surface area contributed by atoms with E-state index in [-0.39, 0.29) is 36.6 Å². The lowest BCUT2D eigenvalue weighted by Gasteiger charge is -2.07. The molecule has 0 heterocycles. The molecule has 0 spiro atoms. The van der Waals surface area contributed by atoms with Gasteiger partial charge in [0.25, 0.3) is 0 Å². The first-order valence-corrected chi connectivity index (χ1v) is 10.6. The summed E-state index contributed by atoms with van der Waals surface area (Å²) in [5.74, 6) is -0.319. The Labute approximate surface area is 181 Å². The Hall–Kier alpha value is -3.59. The van der Waals surface area contributed by atoms with Crippen LogP contribution in [-0.4, -0.2) is 17.3 Å². The first kappa shape index (κ1) is 20.7. The summed E-state index contributed by atoms with van der Waals surface area (Å²) in [6.45, 7) is 0. The van der Waals surface area contributed by atoms with Gasteiger partial charge in [-0.25, -0.2) is 0 Å². The fourth-order valence-corrected chi connectivity index (χ4v) is 4.02. The number of aryl methyl sites for hydroxylation is 1. The molecule has 0 aliphatic carbocycles. The van der Waals surface area contributed by atoms with E-state index in [1.165, 1.54) is 0 Å². The summed E-state index contributed by atoms with van der Waals surface area (Å²) in [6, 6.07) is 27.4. The van der Waals surface area contributed by atoms with Crippen molar-refractivity contribution in [3.05, 3.63) is 96.1 Å². The first-order chi connectivity index (χ1) is 15.1. The Morgan fingerprint density at radius 1 is 0.548 bits per heavy atom. The second kappa shape index (κ2) is 9.48. The number of carbonyl (C=O) groups is 3. The van der Waals surface area contributed by atoms with E-state index in [4.69, 9.17) is 0 Å². The molecule has 4 aromatic rings. The first-order valence-electron chi connectivity index (χ1n) is 10.6. The molecule has 0 bridgehead atoms. The van der Waals surface area contributed by atoms with E-state index >= 15 is 0 Å². The zero-order valence-corrected chi connectivity index (χ0v) is 17.3. The number of fused-ring (bicyclic) bond motifs is 2. The fourth-order valence-electron chi connectivity index (χ4n) is 4.02. The number of Topliss-reactive ketones (excluding diaryl/α,β-unsaturated/α-hetero) is 3. The summed E-state index contributed by atoms with van der Waals surface area (Å²) >= 11 is 0. The minimum Gasteiger partial charge on any atom is -0.300 e. The Morgan fingerprint density at radius 2 is 1.13 bits per heavy atom. The highest BCUT2D eigenvalue weighted by Gasteiger charge is 2.15. The molecule has 3 heteroatoms. The molecular formula is C28H24O3. The zero-order chi connectivity index (χ0) is 21.6. The summed E-state index contributed by atoms with van der Waals surface area (Å²) < 4.78 is 0. The van der Waals surface area contributed by atoms with E-state index in [0.29, 0.717) is 18.4 Å². The second-order valence-electron chi connectivity index (χ2n) is 7.84. The van der Waals surface area contributed by atoms with Crippen molar-refractivity contribution < 1.29 is 14.4 Å². The summed E-state index contributed by atoms with van der Waals surface area (Å²) in [6.07, 6.45) is 1.20. The zero-order valence-electron chi connectivity index (χ0n) is 17.3. The Morgan fingerprint density at radius 3 is 1.90 bits per heavy atom. The maximum absolute atomic E-state index is 12.6. The quantitative estimate of drug-likeness (QED) is 0.248. The number of ketones is 3. The van der Waals surface area contributed by atoms with Gasteiger partial charge in [0.1, 0.15) is 11.6 Å². The molecule has 0 radical (unpaired) electrons. The van der Waals surface area contributed by atoms with Crippen LogP contribution in [0, 0.1) is 0 Å². The van der Waals surface area contributed by atoms with Gasteiger partial charge in [-0.2, -0.15) is 0 Å². The van der Waals surface area contributed by atoms with Gasteiger partial charge in [-0.05, 0) is 33.5 Å². The molecule has 4 aromatic carbocycles. The standard InChI is InChI=1S/C28H24O3/c29-23(16-15-22-10-5-9-20-7-1-3-12-25(20)22)17-18-24(30)19-28(31)27-14-6-11-21-8-2-4-13-26(21)27/h1-14H,15-19H2. The molecule has 31 heavy (non-hydrogen) atoms. The van der Waals surface area contributed by atoms with Crippen LogP contribution in [-0.2, 0) is 16.0 Å². The van der Waals surface area contributed by atoms with Crippen LogP contribution >= 0.6 is 0 Å². The number of carbonyl (C=O) groups excluding carboxylic acids is 3. The molecule has 0 saturated carbocycles. The molecule has 0 aliphatic rings. The Kier molecular flexibility index (Phi) is 6.32. The summed E-state index contributed by atoms with van der Waals surface area (Å²) in [4.78, 5) is 37.3. The van der Waals surface area contributed by atoms with Crippen LogP contribution in [0.1, 0.15) is 41.6 Å². The summed E-state index contributed by atoms with van der Waals surface area (Å²) in [5.41, 5.74) is 1.71. The highest BCUT2D eigenvalue weighted by Crippen LogP contribution is 2.21. The third-order valence-corrected chi connectivity index (χ3v) is 5.68. The van der Waals surface area contributed by atoms with Crippen molar-refractivity contribution >= 4 is 38.9 Å². The lowest BCUT2D eigenvalue weighted by Crippen LogP contribution is -2.11.